The third kappa shape index (κ3) is 23.6. The van der Waals surface area contributed by atoms with Gasteiger partial charge in [-0.1, -0.05) is 174 Å². The summed E-state index contributed by atoms with van der Waals surface area (Å²) in [6.45, 7) is -0.180. The Labute approximate surface area is 793 Å². The van der Waals surface area contributed by atoms with E-state index in [1.54, 1.807) is 0 Å². The molecule has 0 aliphatic rings. The van der Waals surface area contributed by atoms with E-state index in [-0.39, 0.29) is 20.8 Å². The molecule has 0 saturated carbocycles. The van der Waals surface area contributed by atoms with Crippen molar-refractivity contribution in [2.45, 2.75) is 129 Å². The van der Waals surface area contributed by atoms with Gasteiger partial charge in [-0.05, 0) is 163 Å². The average Bonchev–Trinajstić information content (AvgIpc) is 0.731. The van der Waals surface area contributed by atoms with Crippen molar-refractivity contribution in [1.82, 2.24) is 0 Å². The average molecular weight is 2250 g/mol. The lowest BCUT2D eigenvalue weighted by atomic mass is 9.73. The lowest BCUT2D eigenvalue weighted by Gasteiger charge is -2.42. The largest absolute Gasteiger partial charge is 0.725 e. The molecule has 726 valence electrons. The van der Waals surface area contributed by atoms with Crippen molar-refractivity contribution < 1.29 is 187 Å². The molecule has 6 nitrogen and oxygen atoms in total. The van der Waals surface area contributed by atoms with Gasteiger partial charge in [-0.15, -0.1) is 0 Å². The van der Waals surface area contributed by atoms with Crippen LogP contribution in [0, 0.1) is 0 Å². The molecular weight excluding hydrogens is 2220 g/mol. The molecular formula is C75H30BCl15F36O6. The van der Waals surface area contributed by atoms with Crippen LogP contribution < -0.4 is 0 Å². The van der Waals surface area contributed by atoms with Gasteiger partial charge in [0.15, 0.2) is 0 Å². The molecule has 0 aromatic heterocycles. The van der Waals surface area contributed by atoms with Crippen molar-refractivity contribution in [2.24, 2.45) is 0 Å². The molecule has 0 saturated heterocycles. The first-order valence-corrected chi connectivity index (χ1v) is 39.9. The maximum Gasteiger partial charge on any atom is 0.725 e. The van der Waals surface area contributed by atoms with E-state index < -0.39 is 417 Å². The minimum atomic E-state index is -6.28. The van der Waals surface area contributed by atoms with Crippen LogP contribution in [0.1, 0.15) is 155 Å². The third-order valence-corrected chi connectivity index (χ3v) is 26.2. The van der Waals surface area contributed by atoms with Crippen LogP contribution in [0.25, 0.3) is 0 Å². The molecule has 0 bridgehead atoms. The summed E-state index contributed by atoms with van der Waals surface area (Å²) in [7, 11) is -4.65. The topological polar surface area (TPSA) is 55.4 Å². The molecule has 3 unspecified atom stereocenters. The normalized spacial score (nSPS) is 15.0. The van der Waals surface area contributed by atoms with Gasteiger partial charge in [0.05, 0.1) is 142 Å². The number of hydrogen-bond acceptors (Lipinski definition) is 6. The summed E-state index contributed by atoms with van der Waals surface area (Å²) < 4.78 is 555. The van der Waals surface area contributed by atoms with E-state index in [9.17, 15) is 0 Å². The van der Waals surface area contributed by atoms with E-state index in [0.29, 0.717) is 0 Å². The summed E-state index contributed by atoms with van der Waals surface area (Å²) in [5.41, 5.74) is -63.6. The highest BCUT2D eigenvalue weighted by Gasteiger charge is 2.57. The van der Waals surface area contributed by atoms with Crippen LogP contribution in [0.15, 0.2) is 109 Å². The minimum Gasteiger partial charge on any atom is -0.235 e. The number of hydrogen-bond donors (Lipinski definition) is 0. The molecule has 58 heteroatoms. The number of alkyl halides is 36. The second-order valence-corrected chi connectivity index (χ2v) is 34.0. The molecule has 0 fully saturated rings. The highest BCUT2D eigenvalue weighted by atomic mass is 35.5. The molecule has 9 rings (SSSR count). The van der Waals surface area contributed by atoms with Crippen LogP contribution >= 0.6 is 174 Å². The van der Waals surface area contributed by atoms with E-state index in [1.807, 2.05) is 0 Å². The number of rotatable bonds is 21. The smallest absolute Gasteiger partial charge is 0.235 e. The van der Waals surface area contributed by atoms with Crippen molar-refractivity contribution in [1.29, 1.82) is 0 Å². The Kier molecular flexibility index (Phi) is 32.0. The van der Waals surface area contributed by atoms with Gasteiger partial charge in [0, 0.05) is 34.4 Å². The number of halogens is 51. The van der Waals surface area contributed by atoms with Gasteiger partial charge in [0.1, 0.15) is 16.8 Å². The summed E-state index contributed by atoms with van der Waals surface area (Å²) in [6, 6.07) is -11.7. The first-order valence-electron chi connectivity index (χ1n) is 34.2. The molecule has 3 atom stereocenters. The summed E-state index contributed by atoms with van der Waals surface area (Å²) in [4.78, 5) is 33.4. The Bertz CT molecular complexity index is 4910. The van der Waals surface area contributed by atoms with Gasteiger partial charge in [-0.2, -0.15) is 158 Å². The van der Waals surface area contributed by atoms with Crippen molar-refractivity contribution in [3.63, 3.8) is 0 Å². The van der Waals surface area contributed by atoms with Gasteiger partial charge in [0.25, 0.3) is 0 Å². The van der Waals surface area contributed by atoms with Crippen molar-refractivity contribution in [3.8, 4) is 0 Å². The first-order chi connectivity index (χ1) is 59.8. The SMILES string of the molecule is CC(OOB(OOC(C)(c1c(Cl)c(Cl)c(Cl)c(Cl)c1Cl)C(c1cc(C(F)(F)F)cc(C(F)(F)F)c1)c1cc(C(F)(F)F)cc(C(F)(F)F)c1)OOC(C)(c1c(Cl)c(Cl)c(Cl)c(Cl)c1Cl)C(c1cc(C(F)(F)F)cc(C(F)(F)F)c1)c1cc(C(F)(F)F)cc(C(F)(F)F)c1)(c1c(Cl)c(Cl)c(Cl)c(Cl)c1Cl)C(c1cc(C(F)(F)F)cc(C(F)(F)F)c1)c1cc(C(F)(F)F)cc(C(F)(F)F)c1. The molecule has 9 aromatic rings. The summed E-state index contributed by atoms with van der Waals surface area (Å²) in [6.07, 6.45) is -75.3. The maximum absolute atomic E-state index is 15.4. The van der Waals surface area contributed by atoms with Crippen LogP contribution in [-0.2, 0) is 120 Å². The molecule has 0 aliphatic carbocycles. The molecule has 0 aliphatic heterocycles. The Morgan fingerprint density at radius 3 is 0.368 bits per heavy atom. The zero-order valence-corrected chi connectivity index (χ0v) is 74.3. The Hall–Kier alpha value is -5.37. The highest BCUT2D eigenvalue weighted by Crippen LogP contribution is 2.63. The zero-order valence-electron chi connectivity index (χ0n) is 62.9. The number of benzene rings is 9. The van der Waals surface area contributed by atoms with Gasteiger partial charge in [-0.25, -0.2) is 29.1 Å². The fourth-order valence-electron chi connectivity index (χ4n) is 13.6. The standard InChI is InChI=1S/C75H30BCl15F36O6/c1-61(43-46(77)52(83)58(89)53(84)47(43)78,40(22-4-28(64(92,93)94)16-29(5-22)65(95,96)97)23-6-30(66(98,99)100)17-31(7-23)67(101,102)103)128-131-76(132-129-62(2,44-48(79)54(85)59(90)55(86)49(44)80)41(24-8-32(68(104,105)106)18-33(9-24)69(107,108)109)25-10-34(70(110,111)112)19-35(11-25)71(113,114)115)133-130-63(3,45-50(81)56(87)60(91)57(88)51(45)82)42(26-12-36(72(116,117)118)20-37(13-26)73(119,120)121)27-14-38(74(122,123)124)21-39(15-27)75(125,126)127/h4-21,40-42H,1-3H3. The van der Waals surface area contributed by atoms with Gasteiger partial charge in [0.2, 0.25) is 0 Å². The lowest BCUT2D eigenvalue weighted by Crippen LogP contribution is -2.44. The van der Waals surface area contributed by atoms with Crippen LogP contribution in [-0.4, -0.2) is 7.32 Å². The van der Waals surface area contributed by atoms with Crippen LogP contribution in [0.2, 0.25) is 75.3 Å². The lowest BCUT2D eigenvalue weighted by molar-refractivity contribution is -0.413. The monoisotopic (exact) mass is 2250 g/mol. The van der Waals surface area contributed by atoms with Crippen molar-refractivity contribution in [3.05, 3.63) is 301 Å². The molecule has 0 heterocycles. The molecule has 0 amide bonds. The van der Waals surface area contributed by atoms with Crippen LogP contribution in [0.5, 0.6) is 0 Å². The Morgan fingerprint density at radius 2 is 0.271 bits per heavy atom. The highest BCUT2D eigenvalue weighted by molar-refractivity contribution is 6.57. The van der Waals surface area contributed by atoms with E-state index in [1.165, 1.54) is 0 Å². The predicted molar refractivity (Wildman–Crippen MR) is 413 cm³/mol. The molecule has 133 heavy (non-hydrogen) atoms. The van der Waals surface area contributed by atoms with Crippen LogP contribution in [0.3, 0.4) is 0 Å². The van der Waals surface area contributed by atoms with E-state index >= 15 is 158 Å². The van der Waals surface area contributed by atoms with Crippen molar-refractivity contribution >= 4 is 181 Å². The van der Waals surface area contributed by atoms with E-state index in [2.05, 4.69) is 0 Å². The second-order valence-electron chi connectivity index (χ2n) is 28.3. The van der Waals surface area contributed by atoms with Crippen LogP contribution in [0.4, 0.5) is 158 Å². The Morgan fingerprint density at radius 1 is 0.173 bits per heavy atom. The zero-order chi connectivity index (χ0) is 102. The fraction of sp³-hybridized carbons (Fsp3) is 0.280. The molecule has 9 aromatic carbocycles. The molecule has 0 N–H and O–H groups in total. The predicted octanol–water partition coefficient (Wildman–Crippen LogP) is 37.1. The van der Waals surface area contributed by atoms with Gasteiger partial charge in [-0.3, -0.25) is 0 Å². The maximum atomic E-state index is 15.4. The summed E-state index contributed by atoms with van der Waals surface area (Å²) in [5, 5.41) is -22.2. The Balaban J connectivity index is 1.59. The molecule has 0 radical (unpaired) electrons. The third-order valence-electron chi connectivity index (χ3n) is 19.3. The van der Waals surface area contributed by atoms with Gasteiger partial charge >= 0.3 is 81.4 Å². The first kappa shape index (κ1) is 111. The minimum absolute atomic E-state index is 0.0601. The molecule has 0 spiro atoms. The van der Waals surface area contributed by atoms with Gasteiger partial charge < -0.3 is 0 Å². The fourth-order valence-corrected chi connectivity index (χ4v) is 18.2. The van der Waals surface area contributed by atoms with E-state index in [4.69, 9.17) is 203 Å². The second kappa shape index (κ2) is 38.2. The summed E-state index contributed by atoms with van der Waals surface area (Å²) in [5.74, 6) is -11.5. The summed E-state index contributed by atoms with van der Waals surface area (Å²) >= 11 is 97.9. The quantitative estimate of drug-likeness (QED) is 0.0178. The van der Waals surface area contributed by atoms with Crippen molar-refractivity contribution in [2.75, 3.05) is 0 Å². The van der Waals surface area contributed by atoms with E-state index in [0.717, 1.165) is 0 Å².